The van der Waals surface area contributed by atoms with Crippen molar-refractivity contribution in [3.63, 3.8) is 0 Å². The Balaban J connectivity index is 1.46. The number of fused-ring (bicyclic) bond motifs is 1. The Morgan fingerprint density at radius 3 is 3.08 bits per heavy atom. The van der Waals surface area contributed by atoms with Gasteiger partial charge < -0.3 is 9.88 Å². The lowest BCUT2D eigenvalue weighted by atomic mass is 10.0. The Kier molecular flexibility index (Phi) is 4.05. The standard InChI is InChI=1S/C19H23N5O/c1-23(2)19(25)16-10-21-22-18(16)15-6-8-24(12-15)11-13-3-4-14-5-7-20-17(14)9-13/h3-5,7,9-10,15,20H,6,8,11-12H2,1-2H3,(H,21,22)/t15-/m0/s1. The van der Waals surface area contributed by atoms with Crippen LogP contribution in [-0.2, 0) is 6.54 Å². The lowest BCUT2D eigenvalue weighted by Crippen LogP contribution is -2.24. The van der Waals surface area contributed by atoms with Crippen LogP contribution in [0.1, 0.15) is 34.0 Å². The van der Waals surface area contributed by atoms with E-state index >= 15 is 0 Å². The average Bonchev–Trinajstić information content (AvgIpc) is 3.33. The first kappa shape index (κ1) is 15.9. The molecule has 1 aliphatic heterocycles. The predicted octanol–water partition coefficient (Wildman–Crippen LogP) is 2.58. The number of aromatic nitrogens is 3. The van der Waals surface area contributed by atoms with Crippen LogP contribution in [0.2, 0.25) is 0 Å². The molecule has 6 nitrogen and oxygen atoms in total. The van der Waals surface area contributed by atoms with E-state index in [4.69, 9.17) is 0 Å². The summed E-state index contributed by atoms with van der Waals surface area (Å²) in [6.45, 7) is 2.90. The highest BCUT2D eigenvalue weighted by atomic mass is 16.2. The molecular weight excluding hydrogens is 314 g/mol. The second-order valence-corrected chi connectivity index (χ2v) is 7.02. The number of carbonyl (C=O) groups excluding carboxylic acids is 1. The third kappa shape index (κ3) is 3.05. The van der Waals surface area contributed by atoms with Crippen LogP contribution in [0.5, 0.6) is 0 Å². The second-order valence-electron chi connectivity index (χ2n) is 7.02. The van der Waals surface area contributed by atoms with Crippen molar-refractivity contribution in [2.24, 2.45) is 0 Å². The summed E-state index contributed by atoms with van der Waals surface area (Å²) in [5, 5.41) is 8.41. The first-order valence-corrected chi connectivity index (χ1v) is 8.65. The maximum atomic E-state index is 12.3. The number of benzene rings is 1. The Bertz CT molecular complexity index is 894. The molecule has 130 valence electrons. The third-order valence-electron chi connectivity index (χ3n) is 5.01. The van der Waals surface area contributed by atoms with Crippen LogP contribution in [-0.4, -0.2) is 58.1 Å². The van der Waals surface area contributed by atoms with Crippen molar-refractivity contribution in [3.05, 3.63) is 53.5 Å². The van der Waals surface area contributed by atoms with E-state index in [2.05, 4.69) is 44.3 Å². The highest BCUT2D eigenvalue weighted by molar-refractivity contribution is 5.94. The van der Waals surface area contributed by atoms with E-state index in [1.54, 1.807) is 25.2 Å². The number of hydrogen-bond donors (Lipinski definition) is 2. The zero-order valence-electron chi connectivity index (χ0n) is 14.6. The summed E-state index contributed by atoms with van der Waals surface area (Å²) in [6.07, 6.45) is 4.67. The fraction of sp³-hybridized carbons (Fsp3) is 0.368. The number of hydrogen-bond acceptors (Lipinski definition) is 3. The van der Waals surface area contributed by atoms with Crippen molar-refractivity contribution in [1.82, 2.24) is 25.0 Å². The van der Waals surface area contributed by atoms with Crippen LogP contribution >= 0.6 is 0 Å². The zero-order chi connectivity index (χ0) is 17.4. The SMILES string of the molecule is CN(C)C(=O)c1cn[nH]c1[C@H]1CCN(Cc2ccc3cc[nH]c3c2)C1. The minimum atomic E-state index is 0.0133. The van der Waals surface area contributed by atoms with Crippen LogP contribution in [0, 0.1) is 0 Å². The maximum Gasteiger partial charge on any atom is 0.256 e. The van der Waals surface area contributed by atoms with Crippen LogP contribution in [0.4, 0.5) is 0 Å². The van der Waals surface area contributed by atoms with Crippen LogP contribution in [0.3, 0.4) is 0 Å². The smallest absolute Gasteiger partial charge is 0.256 e. The van der Waals surface area contributed by atoms with E-state index in [0.29, 0.717) is 11.5 Å². The van der Waals surface area contributed by atoms with Crippen molar-refractivity contribution in [3.8, 4) is 0 Å². The largest absolute Gasteiger partial charge is 0.361 e. The number of nitrogens with one attached hydrogen (secondary N) is 2. The molecule has 1 aliphatic rings. The van der Waals surface area contributed by atoms with Gasteiger partial charge in [-0.05, 0) is 36.0 Å². The topological polar surface area (TPSA) is 68.0 Å². The van der Waals surface area contributed by atoms with E-state index in [0.717, 1.165) is 31.7 Å². The van der Waals surface area contributed by atoms with Crippen molar-refractivity contribution >= 4 is 16.8 Å². The summed E-state index contributed by atoms with van der Waals surface area (Å²) in [5.41, 5.74) is 4.16. The van der Waals surface area contributed by atoms with E-state index in [9.17, 15) is 4.79 Å². The van der Waals surface area contributed by atoms with E-state index in [1.165, 1.54) is 16.5 Å². The Morgan fingerprint density at radius 2 is 2.24 bits per heavy atom. The van der Waals surface area contributed by atoms with Gasteiger partial charge in [0.15, 0.2) is 0 Å². The summed E-state index contributed by atoms with van der Waals surface area (Å²) in [7, 11) is 3.55. The van der Waals surface area contributed by atoms with Gasteiger partial charge in [-0.1, -0.05) is 12.1 Å². The molecule has 25 heavy (non-hydrogen) atoms. The molecule has 3 aromatic rings. The molecule has 0 aliphatic carbocycles. The van der Waals surface area contributed by atoms with E-state index in [-0.39, 0.29) is 5.91 Å². The summed E-state index contributed by atoms with van der Waals surface area (Å²) in [6, 6.07) is 8.67. The number of amides is 1. The Hall–Kier alpha value is -2.60. The monoisotopic (exact) mass is 337 g/mol. The highest BCUT2D eigenvalue weighted by Crippen LogP contribution is 2.29. The maximum absolute atomic E-state index is 12.3. The number of aromatic amines is 2. The molecule has 1 amide bonds. The third-order valence-corrected chi connectivity index (χ3v) is 5.01. The molecule has 0 bridgehead atoms. The summed E-state index contributed by atoms with van der Waals surface area (Å²) in [5.74, 6) is 0.343. The summed E-state index contributed by atoms with van der Waals surface area (Å²) < 4.78 is 0. The quantitative estimate of drug-likeness (QED) is 0.769. The predicted molar refractivity (Wildman–Crippen MR) is 97.5 cm³/mol. The van der Waals surface area contributed by atoms with Crippen molar-refractivity contribution in [2.45, 2.75) is 18.9 Å². The average molecular weight is 337 g/mol. The van der Waals surface area contributed by atoms with Crippen LogP contribution < -0.4 is 0 Å². The number of H-pyrrole nitrogens is 2. The van der Waals surface area contributed by atoms with Crippen molar-refractivity contribution in [2.75, 3.05) is 27.2 Å². The molecule has 4 rings (SSSR count). The molecule has 0 radical (unpaired) electrons. The Labute approximate surface area is 146 Å². The van der Waals surface area contributed by atoms with E-state index in [1.807, 2.05) is 6.20 Å². The van der Waals surface area contributed by atoms with Gasteiger partial charge in [0.1, 0.15) is 0 Å². The summed E-state index contributed by atoms with van der Waals surface area (Å²) in [4.78, 5) is 19.6. The first-order valence-electron chi connectivity index (χ1n) is 8.65. The van der Waals surface area contributed by atoms with Crippen LogP contribution in [0.25, 0.3) is 10.9 Å². The molecule has 1 atom stereocenters. The minimum Gasteiger partial charge on any atom is -0.361 e. The van der Waals surface area contributed by atoms with Gasteiger partial charge in [0.2, 0.25) is 0 Å². The molecular formula is C19H23N5O. The van der Waals surface area contributed by atoms with Gasteiger partial charge in [-0.3, -0.25) is 14.8 Å². The number of nitrogens with zero attached hydrogens (tertiary/aromatic N) is 3. The fourth-order valence-corrected chi connectivity index (χ4v) is 3.68. The molecule has 2 N–H and O–H groups in total. The van der Waals surface area contributed by atoms with E-state index < -0.39 is 0 Å². The lowest BCUT2D eigenvalue weighted by Gasteiger charge is -2.17. The molecule has 1 saturated heterocycles. The number of rotatable bonds is 4. The fourth-order valence-electron chi connectivity index (χ4n) is 3.68. The number of likely N-dealkylation sites (tertiary alicyclic amines) is 1. The lowest BCUT2D eigenvalue weighted by molar-refractivity contribution is 0.0826. The van der Waals surface area contributed by atoms with Gasteiger partial charge in [0, 0.05) is 44.8 Å². The van der Waals surface area contributed by atoms with Crippen LogP contribution in [0.15, 0.2) is 36.7 Å². The summed E-state index contributed by atoms with van der Waals surface area (Å²) >= 11 is 0. The molecule has 0 unspecified atom stereocenters. The normalized spacial score (nSPS) is 18.1. The van der Waals surface area contributed by atoms with Gasteiger partial charge in [0.25, 0.3) is 5.91 Å². The van der Waals surface area contributed by atoms with Crippen molar-refractivity contribution in [1.29, 1.82) is 0 Å². The molecule has 0 spiro atoms. The van der Waals surface area contributed by atoms with Crippen molar-refractivity contribution < 1.29 is 4.79 Å². The second kappa shape index (κ2) is 6.37. The molecule has 3 heterocycles. The minimum absolute atomic E-state index is 0.0133. The van der Waals surface area contributed by atoms with Gasteiger partial charge in [-0.25, -0.2) is 0 Å². The molecule has 6 heteroatoms. The molecule has 1 aromatic carbocycles. The Morgan fingerprint density at radius 1 is 1.36 bits per heavy atom. The molecule has 0 saturated carbocycles. The molecule has 1 fully saturated rings. The van der Waals surface area contributed by atoms with Gasteiger partial charge in [-0.15, -0.1) is 0 Å². The van der Waals surface area contributed by atoms with Gasteiger partial charge in [-0.2, -0.15) is 5.10 Å². The first-order chi connectivity index (χ1) is 12.1. The van der Waals surface area contributed by atoms with Gasteiger partial charge in [0.05, 0.1) is 17.5 Å². The molecule has 2 aromatic heterocycles. The highest BCUT2D eigenvalue weighted by Gasteiger charge is 2.29. The number of carbonyl (C=O) groups is 1. The van der Waals surface area contributed by atoms with Gasteiger partial charge >= 0.3 is 0 Å². The zero-order valence-corrected chi connectivity index (χ0v) is 14.6.